The van der Waals surface area contributed by atoms with Crippen molar-refractivity contribution in [1.82, 2.24) is 4.57 Å². The van der Waals surface area contributed by atoms with Gasteiger partial charge in [0.1, 0.15) is 0 Å². The Balaban J connectivity index is 1.76. The molecular weight excluding hydrogens is 416 g/mol. The van der Waals surface area contributed by atoms with E-state index in [9.17, 15) is 9.59 Å². The maximum atomic E-state index is 13.1. The Morgan fingerprint density at radius 1 is 1.00 bits per heavy atom. The molecule has 0 saturated carbocycles. The zero-order valence-corrected chi connectivity index (χ0v) is 16.0. The number of carbonyl (C=O) groups is 2. The van der Waals surface area contributed by atoms with Crippen LogP contribution in [0, 0.1) is 0 Å². The van der Waals surface area contributed by atoms with Crippen molar-refractivity contribution >= 4 is 44.9 Å². The molecule has 0 fully saturated rings. The molecule has 4 rings (SSSR count). The summed E-state index contributed by atoms with van der Waals surface area (Å²) < 4.78 is 2.84. The van der Waals surface area contributed by atoms with Crippen LogP contribution in [-0.4, -0.2) is 16.3 Å². The van der Waals surface area contributed by atoms with E-state index in [-0.39, 0.29) is 10.6 Å². The van der Waals surface area contributed by atoms with Crippen molar-refractivity contribution in [2.45, 2.75) is 13.1 Å². The van der Waals surface area contributed by atoms with E-state index in [4.69, 9.17) is 11.6 Å². The van der Waals surface area contributed by atoms with E-state index in [2.05, 4.69) is 20.5 Å². The molecule has 0 aliphatic carbocycles. The predicted molar refractivity (Wildman–Crippen MR) is 105 cm³/mol. The van der Waals surface area contributed by atoms with Gasteiger partial charge in [-0.2, -0.15) is 0 Å². The molecule has 0 unspecified atom stereocenters. The summed E-state index contributed by atoms with van der Waals surface area (Å²) in [6.07, 6.45) is 1.98. The van der Waals surface area contributed by atoms with Crippen LogP contribution < -0.4 is 4.90 Å². The summed E-state index contributed by atoms with van der Waals surface area (Å²) in [4.78, 5) is 27.5. The quantitative estimate of drug-likeness (QED) is 0.438. The summed E-state index contributed by atoms with van der Waals surface area (Å²) in [6, 6.07) is 16.4. The average molecular weight is 430 g/mol. The first-order valence-electron chi connectivity index (χ1n) is 8.08. The lowest BCUT2D eigenvalue weighted by molar-refractivity contribution is -0.114. The minimum Gasteiger partial charge on any atom is -0.345 e. The van der Waals surface area contributed by atoms with Gasteiger partial charge in [-0.25, -0.2) is 0 Å². The number of ketones is 1. The summed E-state index contributed by atoms with van der Waals surface area (Å²) >= 11 is 9.49. The highest BCUT2D eigenvalue weighted by Gasteiger charge is 2.29. The van der Waals surface area contributed by atoms with E-state index in [1.165, 1.54) is 4.90 Å². The number of carbonyl (C=O) groups excluding carboxylic acids is 2. The average Bonchev–Trinajstić information content (AvgIpc) is 3.00. The second-order valence-corrected chi connectivity index (χ2v) is 7.42. The normalized spacial score (nSPS) is 12.9. The predicted octanol–water partition coefficient (Wildman–Crippen LogP) is 4.68. The molecule has 0 N–H and O–H groups in total. The number of hydrogen-bond acceptors (Lipinski definition) is 2. The van der Waals surface area contributed by atoms with Crippen molar-refractivity contribution in [3.05, 3.63) is 87.1 Å². The number of Topliss-reactive ketones (excluding diaryl/α,β-unsaturated/α-hetero) is 1. The molecular formula is C20H14BrClN2O2. The van der Waals surface area contributed by atoms with E-state index in [0.717, 1.165) is 21.4 Å². The van der Waals surface area contributed by atoms with Gasteiger partial charge in [-0.05, 0) is 42.0 Å². The van der Waals surface area contributed by atoms with Crippen LogP contribution in [0.4, 0.5) is 5.69 Å². The van der Waals surface area contributed by atoms with E-state index >= 15 is 0 Å². The fourth-order valence-corrected chi connectivity index (χ4v) is 3.94. The summed E-state index contributed by atoms with van der Waals surface area (Å²) in [7, 11) is 0. The number of halogens is 2. The van der Waals surface area contributed by atoms with Gasteiger partial charge in [0.25, 0.3) is 11.7 Å². The number of anilines is 1. The molecule has 1 aliphatic rings. The van der Waals surface area contributed by atoms with Gasteiger partial charge in [0, 0.05) is 34.2 Å². The lowest BCUT2D eigenvalue weighted by atomic mass is 10.1. The Hall–Kier alpha value is -2.37. The van der Waals surface area contributed by atoms with Gasteiger partial charge in [-0.1, -0.05) is 45.7 Å². The molecule has 0 radical (unpaired) electrons. The van der Waals surface area contributed by atoms with Crippen LogP contribution in [-0.2, 0) is 17.9 Å². The number of amides is 1. The third-order valence-electron chi connectivity index (χ3n) is 4.48. The standard InChI is InChI=1S/C20H14BrClN2O2/c21-14-7-8-16(17(22)10-14)19(25)20(26)24-12-15-5-3-9-23(15)11-13-4-1-2-6-18(13)24/h1-10H,11-12H2. The maximum absolute atomic E-state index is 13.1. The maximum Gasteiger partial charge on any atom is 0.299 e. The van der Waals surface area contributed by atoms with Gasteiger partial charge < -0.3 is 4.57 Å². The van der Waals surface area contributed by atoms with Crippen LogP contribution in [0.15, 0.2) is 65.3 Å². The Morgan fingerprint density at radius 3 is 2.62 bits per heavy atom. The highest BCUT2D eigenvalue weighted by Crippen LogP contribution is 2.29. The molecule has 0 spiro atoms. The molecule has 2 aromatic carbocycles. The number of rotatable bonds is 2. The Kier molecular flexibility index (Phi) is 4.42. The summed E-state index contributed by atoms with van der Waals surface area (Å²) in [5.41, 5.74) is 2.93. The molecule has 4 nitrogen and oxygen atoms in total. The number of benzene rings is 2. The highest BCUT2D eigenvalue weighted by molar-refractivity contribution is 9.10. The molecule has 26 heavy (non-hydrogen) atoms. The molecule has 0 saturated heterocycles. The lowest BCUT2D eigenvalue weighted by Gasteiger charge is -2.22. The first-order chi connectivity index (χ1) is 12.5. The number of fused-ring (bicyclic) bond motifs is 2. The third kappa shape index (κ3) is 2.97. The molecule has 0 atom stereocenters. The number of para-hydroxylation sites is 1. The molecule has 1 aromatic heterocycles. The van der Waals surface area contributed by atoms with Crippen molar-refractivity contribution in [1.29, 1.82) is 0 Å². The zero-order valence-electron chi connectivity index (χ0n) is 13.7. The lowest BCUT2D eigenvalue weighted by Crippen LogP contribution is -2.36. The molecule has 2 heterocycles. The highest BCUT2D eigenvalue weighted by atomic mass is 79.9. The van der Waals surface area contributed by atoms with Crippen LogP contribution in [0.2, 0.25) is 5.02 Å². The number of hydrogen-bond donors (Lipinski definition) is 0. The fraction of sp³-hybridized carbons (Fsp3) is 0.100. The van der Waals surface area contributed by atoms with E-state index in [1.807, 2.05) is 42.6 Å². The second kappa shape index (κ2) is 6.74. The minimum absolute atomic E-state index is 0.206. The van der Waals surface area contributed by atoms with Crippen molar-refractivity contribution < 1.29 is 9.59 Å². The van der Waals surface area contributed by atoms with E-state index < -0.39 is 11.7 Å². The van der Waals surface area contributed by atoms with Crippen LogP contribution in [0.5, 0.6) is 0 Å². The van der Waals surface area contributed by atoms with Gasteiger partial charge in [0.05, 0.1) is 11.6 Å². The summed E-state index contributed by atoms with van der Waals surface area (Å²) in [6.45, 7) is 0.998. The summed E-state index contributed by atoms with van der Waals surface area (Å²) in [5, 5.41) is 0.254. The number of nitrogens with zero attached hydrogens (tertiary/aromatic N) is 2. The first kappa shape index (κ1) is 17.1. The second-order valence-electron chi connectivity index (χ2n) is 6.10. The minimum atomic E-state index is -0.614. The fourth-order valence-electron chi connectivity index (χ4n) is 3.18. The summed E-state index contributed by atoms with van der Waals surface area (Å²) in [5.74, 6) is -1.20. The Bertz CT molecular complexity index is 1030. The van der Waals surface area contributed by atoms with E-state index in [0.29, 0.717) is 13.1 Å². The van der Waals surface area contributed by atoms with E-state index in [1.54, 1.807) is 18.2 Å². The van der Waals surface area contributed by atoms with Crippen molar-refractivity contribution in [2.24, 2.45) is 0 Å². The van der Waals surface area contributed by atoms with Gasteiger partial charge in [-0.15, -0.1) is 0 Å². The van der Waals surface area contributed by atoms with Crippen LogP contribution in [0.3, 0.4) is 0 Å². The van der Waals surface area contributed by atoms with Crippen molar-refractivity contribution in [3.63, 3.8) is 0 Å². The monoisotopic (exact) mass is 428 g/mol. The largest absolute Gasteiger partial charge is 0.345 e. The first-order valence-corrected chi connectivity index (χ1v) is 9.25. The SMILES string of the molecule is O=C(C(=O)N1Cc2cccn2Cc2ccccc21)c1ccc(Br)cc1Cl. The van der Waals surface area contributed by atoms with Gasteiger partial charge in [0.2, 0.25) is 0 Å². The molecule has 6 heteroatoms. The topological polar surface area (TPSA) is 42.3 Å². The Labute approximate surface area is 164 Å². The molecule has 0 bridgehead atoms. The van der Waals surface area contributed by atoms with Crippen LogP contribution >= 0.6 is 27.5 Å². The van der Waals surface area contributed by atoms with Crippen LogP contribution in [0.25, 0.3) is 0 Å². The molecule has 1 amide bonds. The number of aromatic nitrogens is 1. The van der Waals surface area contributed by atoms with Crippen LogP contribution in [0.1, 0.15) is 21.6 Å². The molecule has 130 valence electrons. The van der Waals surface area contributed by atoms with Gasteiger partial charge >= 0.3 is 0 Å². The zero-order chi connectivity index (χ0) is 18.3. The van der Waals surface area contributed by atoms with Crippen molar-refractivity contribution in [2.75, 3.05) is 4.90 Å². The van der Waals surface area contributed by atoms with Gasteiger partial charge in [0.15, 0.2) is 0 Å². The third-order valence-corrected chi connectivity index (χ3v) is 5.29. The Morgan fingerprint density at radius 2 is 1.81 bits per heavy atom. The molecule has 3 aromatic rings. The van der Waals surface area contributed by atoms with Crippen molar-refractivity contribution in [3.8, 4) is 0 Å². The smallest absolute Gasteiger partial charge is 0.299 e. The van der Waals surface area contributed by atoms with Gasteiger partial charge in [-0.3, -0.25) is 14.5 Å². The molecule has 1 aliphatic heterocycles.